The number of aliphatic carboxylic acids is 1. The number of hydrogen-bond donors (Lipinski definition) is 0. The number of carboxylic acid groups (broad SMARTS) is 1. The molecule has 0 aliphatic heterocycles. The summed E-state index contributed by atoms with van der Waals surface area (Å²) >= 11 is 0. The molecule has 0 bridgehead atoms. The maximum absolute atomic E-state index is 12.9. The highest BCUT2D eigenvalue weighted by molar-refractivity contribution is 5.70. The van der Waals surface area contributed by atoms with Gasteiger partial charge in [0.15, 0.2) is 12.4 Å². The quantitative estimate of drug-likeness (QED) is 0.0195. The lowest BCUT2D eigenvalue weighted by Gasteiger charge is -2.26. The lowest BCUT2D eigenvalue weighted by atomic mass is 10.0. The Bertz CT molecular complexity index is 1600. The number of nitrogens with zero attached hydrogens (tertiary/aromatic N) is 1. The molecule has 0 saturated heterocycles. The van der Waals surface area contributed by atoms with E-state index in [9.17, 15) is 19.5 Å². The molecule has 0 fully saturated rings. The third-order valence-electron chi connectivity index (χ3n) is 16.5. The van der Waals surface area contributed by atoms with Crippen LogP contribution in [-0.4, -0.2) is 82.3 Å². The number of carboxylic acids is 1. The molecule has 0 amide bonds. The summed E-state index contributed by atoms with van der Waals surface area (Å²) in [4.78, 5) is 37.5. The van der Waals surface area contributed by atoms with Gasteiger partial charge in [-0.05, 0) is 57.8 Å². The number of allylic oxidation sites excluding steroid dienone is 10. The minimum Gasteiger partial charge on any atom is -0.545 e. The molecule has 0 aromatic rings. The van der Waals surface area contributed by atoms with Crippen LogP contribution < -0.4 is 5.11 Å². The molecule has 0 aromatic carbocycles. The van der Waals surface area contributed by atoms with E-state index in [0.717, 1.165) is 83.5 Å². The first kappa shape index (κ1) is 83.0. The van der Waals surface area contributed by atoms with Crippen molar-refractivity contribution in [3.8, 4) is 0 Å². The highest BCUT2D eigenvalue weighted by atomic mass is 16.7. The number of carbonyl (C=O) groups excluding carboxylic acids is 3. The topological polar surface area (TPSA) is 111 Å². The first-order valence-electron chi connectivity index (χ1n) is 36.9. The second-order valence-electron chi connectivity index (χ2n) is 26.2. The third kappa shape index (κ3) is 68.5. The number of ether oxygens (including phenoxy) is 4. The molecule has 9 nitrogen and oxygen atoms in total. The van der Waals surface area contributed by atoms with Gasteiger partial charge in [-0.15, -0.1) is 0 Å². The lowest BCUT2D eigenvalue weighted by molar-refractivity contribution is -0.870. The first-order valence-corrected chi connectivity index (χ1v) is 36.9. The van der Waals surface area contributed by atoms with Crippen LogP contribution in [0.5, 0.6) is 0 Å². The highest BCUT2D eigenvalue weighted by Gasteiger charge is 2.22. The molecule has 0 aliphatic rings. The third-order valence-corrected chi connectivity index (χ3v) is 16.5. The van der Waals surface area contributed by atoms with Crippen LogP contribution in [0, 0.1) is 0 Å². The normalized spacial score (nSPS) is 13.0. The molecule has 0 N–H and O–H groups in total. The van der Waals surface area contributed by atoms with Crippen molar-refractivity contribution in [2.75, 3.05) is 47.5 Å². The minimum atomic E-state index is -1.63. The average Bonchev–Trinajstić information content (AvgIpc) is 3.64. The Balaban J connectivity index is 3.95. The summed E-state index contributed by atoms with van der Waals surface area (Å²) in [5, 5.41) is 11.8. The molecule has 0 spiro atoms. The first-order chi connectivity index (χ1) is 42.1. The molecule has 2 unspecified atom stereocenters. The van der Waals surface area contributed by atoms with E-state index in [4.69, 9.17) is 18.9 Å². The number of quaternary nitrogens is 1. The van der Waals surface area contributed by atoms with E-state index in [2.05, 4.69) is 74.6 Å². The van der Waals surface area contributed by atoms with Crippen molar-refractivity contribution in [2.24, 2.45) is 0 Å². The van der Waals surface area contributed by atoms with Gasteiger partial charge in [-0.2, -0.15) is 0 Å². The molecule has 0 radical (unpaired) electrons. The van der Waals surface area contributed by atoms with Gasteiger partial charge in [0.25, 0.3) is 0 Å². The number of likely N-dealkylation sites (N-methyl/N-ethyl adjacent to an activating group) is 1. The van der Waals surface area contributed by atoms with Gasteiger partial charge < -0.3 is 33.3 Å². The van der Waals surface area contributed by atoms with Crippen LogP contribution in [0.4, 0.5) is 0 Å². The monoisotopic (exact) mass is 1210 g/mol. The Kier molecular flexibility index (Phi) is 65.5. The fourth-order valence-corrected chi connectivity index (χ4v) is 10.9. The van der Waals surface area contributed by atoms with Gasteiger partial charge >= 0.3 is 11.9 Å². The number of esters is 2. The zero-order chi connectivity index (χ0) is 62.6. The Labute approximate surface area is 533 Å². The number of unbranched alkanes of at least 4 members (excludes halogenated alkanes) is 44. The van der Waals surface area contributed by atoms with Gasteiger partial charge in [0.1, 0.15) is 13.2 Å². The van der Waals surface area contributed by atoms with Crippen molar-refractivity contribution in [1.82, 2.24) is 0 Å². The molecule has 0 heterocycles. The van der Waals surface area contributed by atoms with Crippen LogP contribution in [0.1, 0.15) is 354 Å². The second-order valence-corrected chi connectivity index (χ2v) is 26.2. The Hall–Kier alpha value is -3.01. The van der Waals surface area contributed by atoms with Crippen molar-refractivity contribution < 1.29 is 42.9 Å². The summed E-state index contributed by atoms with van der Waals surface area (Å²) in [5.74, 6) is -2.29. The molecule has 0 saturated carbocycles. The van der Waals surface area contributed by atoms with Crippen molar-refractivity contribution in [1.29, 1.82) is 0 Å². The Morgan fingerprint density at radius 1 is 0.360 bits per heavy atom. The van der Waals surface area contributed by atoms with Gasteiger partial charge in [-0.25, -0.2) is 0 Å². The van der Waals surface area contributed by atoms with Gasteiger partial charge in [0.05, 0.1) is 40.3 Å². The SMILES string of the molecule is CC/C=C\C/C=C\C/C=C\C/C=C\C/C=C\CCCCCCCC(=O)OC(COC(=O)CCCCCCCCCCCCCCCCCCCCCCCCCCCCCCCCCCCCCCCCCC)COC(OCC[N+](C)(C)C)C(=O)[O-]. The molecule has 0 rings (SSSR count). The average molecular weight is 1210 g/mol. The van der Waals surface area contributed by atoms with Crippen LogP contribution in [0.25, 0.3) is 0 Å². The minimum absolute atomic E-state index is 0.143. The lowest BCUT2D eigenvalue weighted by Crippen LogP contribution is -2.44. The van der Waals surface area contributed by atoms with Crippen molar-refractivity contribution in [2.45, 2.75) is 367 Å². The van der Waals surface area contributed by atoms with E-state index in [1.165, 1.54) is 238 Å². The number of hydrogen-bond acceptors (Lipinski definition) is 8. The molecule has 0 aliphatic carbocycles. The number of rotatable bonds is 69. The van der Waals surface area contributed by atoms with Crippen molar-refractivity contribution in [3.63, 3.8) is 0 Å². The molecule has 0 aromatic heterocycles. The predicted octanol–water partition coefficient (Wildman–Crippen LogP) is 21.8. The molecular weight excluding hydrogens is 1070 g/mol. The fraction of sp³-hybridized carbons (Fsp3) is 0.831. The van der Waals surface area contributed by atoms with Gasteiger partial charge in [0.2, 0.25) is 0 Å². The molecule has 502 valence electrons. The Morgan fingerprint density at radius 2 is 0.663 bits per heavy atom. The maximum atomic E-state index is 12.9. The summed E-state index contributed by atoms with van der Waals surface area (Å²) in [6.45, 7) is 4.66. The fourth-order valence-electron chi connectivity index (χ4n) is 10.9. The van der Waals surface area contributed by atoms with Crippen LogP contribution in [-0.2, 0) is 33.3 Å². The van der Waals surface area contributed by atoms with Crippen LogP contribution in [0.3, 0.4) is 0 Å². The van der Waals surface area contributed by atoms with Crippen molar-refractivity contribution >= 4 is 17.9 Å². The van der Waals surface area contributed by atoms with E-state index in [-0.39, 0.29) is 38.6 Å². The standard InChI is InChI=1S/C77H141NO8/c1-6-8-10-12-14-16-18-20-22-24-26-28-29-30-31-32-33-34-35-36-37-38-39-40-41-42-43-44-45-46-48-49-51-53-55-57-59-61-63-65-67-74(79)84-71-73(72-85-77(76(81)82)83-70-69-78(3,4)5)86-75(80)68-66-64-62-60-58-56-54-52-50-47-27-25-23-21-19-17-15-13-11-9-7-2/h9,11,15,17,21,23,27,47,52,54,73,77H,6-8,10,12-14,16,18-20,22,24-26,28-46,48-51,53,55-72H2,1-5H3/b11-9-,17-15-,23-21-,47-27-,54-52-. The zero-order valence-corrected chi connectivity index (χ0v) is 57.4. The van der Waals surface area contributed by atoms with Gasteiger partial charge in [-0.3, -0.25) is 9.59 Å². The van der Waals surface area contributed by atoms with Gasteiger partial charge in [-0.1, -0.05) is 344 Å². The summed E-state index contributed by atoms with van der Waals surface area (Å²) in [5.41, 5.74) is 0. The van der Waals surface area contributed by atoms with Crippen molar-refractivity contribution in [3.05, 3.63) is 60.8 Å². The van der Waals surface area contributed by atoms with E-state index in [0.29, 0.717) is 17.4 Å². The molecule has 2 atom stereocenters. The summed E-state index contributed by atoms with van der Waals surface area (Å²) in [6.07, 6.45) is 86.3. The van der Waals surface area contributed by atoms with E-state index in [1.54, 1.807) is 0 Å². The smallest absolute Gasteiger partial charge is 0.306 e. The summed E-state index contributed by atoms with van der Waals surface area (Å²) in [7, 11) is 5.93. The van der Waals surface area contributed by atoms with E-state index >= 15 is 0 Å². The molecule has 86 heavy (non-hydrogen) atoms. The summed E-state index contributed by atoms with van der Waals surface area (Å²) in [6, 6.07) is 0. The summed E-state index contributed by atoms with van der Waals surface area (Å²) < 4.78 is 22.8. The van der Waals surface area contributed by atoms with E-state index in [1.807, 2.05) is 21.1 Å². The van der Waals surface area contributed by atoms with Crippen LogP contribution in [0.15, 0.2) is 60.8 Å². The zero-order valence-electron chi connectivity index (χ0n) is 57.4. The van der Waals surface area contributed by atoms with E-state index < -0.39 is 24.3 Å². The maximum Gasteiger partial charge on any atom is 0.306 e. The number of carbonyl (C=O) groups is 3. The second kappa shape index (κ2) is 67.9. The van der Waals surface area contributed by atoms with Gasteiger partial charge in [0, 0.05) is 12.8 Å². The molecule has 9 heteroatoms. The Morgan fingerprint density at radius 3 is 0.988 bits per heavy atom. The predicted molar refractivity (Wildman–Crippen MR) is 366 cm³/mol. The molecular formula is C77H141NO8. The largest absolute Gasteiger partial charge is 0.545 e. The highest BCUT2D eigenvalue weighted by Crippen LogP contribution is 2.19. The van der Waals surface area contributed by atoms with Crippen LogP contribution >= 0.6 is 0 Å². The van der Waals surface area contributed by atoms with Crippen LogP contribution in [0.2, 0.25) is 0 Å².